The number of nitrogens with two attached hydrogens (primary N) is 1. The molecule has 3 N–H and O–H groups in total. The number of hydrogen-bond donors (Lipinski definition) is 2. The van der Waals surface area contributed by atoms with Gasteiger partial charge in [0.25, 0.3) is 0 Å². The van der Waals surface area contributed by atoms with Crippen LogP contribution >= 0.6 is 0 Å². The Hall–Kier alpha value is -2.37. The first-order valence-corrected chi connectivity index (χ1v) is 5.98. The SMILES string of the molecule is Nc1[nH]nc2c1c(C1CC1)nn2-c1ccccn1. The number of anilines is 1. The van der Waals surface area contributed by atoms with E-state index < -0.39 is 0 Å². The predicted molar refractivity (Wildman–Crippen MR) is 67.4 cm³/mol. The smallest absolute Gasteiger partial charge is 0.188 e. The largest absolute Gasteiger partial charge is 0.383 e. The molecular formula is C12H12N6. The Labute approximate surface area is 103 Å². The Morgan fingerprint density at radius 2 is 2.22 bits per heavy atom. The highest BCUT2D eigenvalue weighted by Gasteiger charge is 2.31. The lowest BCUT2D eigenvalue weighted by molar-refractivity contribution is 0.817. The Morgan fingerprint density at radius 1 is 1.33 bits per heavy atom. The molecule has 0 amide bonds. The second-order valence-corrected chi connectivity index (χ2v) is 4.60. The summed E-state index contributed by atoms with van der Waals surface area (Å²) in [4.78, 5) is 4.31. The Balaban J connectivity index is 2.01. The third-order valence-corrected chi connectivity index (χ3v) is 3.27. The molecule has 0 saturated heterocycles. The number of fused-ring (bicyclic) bond motifs is 1. The molecule has 3 aromatic rings. The summed E-state index contributed by atoms with van der Waals surface area (Å²) in [6.45, 7) is 0. The zero-order chi connectivity index (χ0) is 12.1. The molecule has 0 unspecified atom stereocenters. The normalized spacial score (nSPS) is 15.3. The van der Waals surface area contributed by atoms with Crippen LogP contribution in [0.1, 0.15) is 24.5 Å². The minimum atomic E-state index is 0.525. The summed E-state index contributed by atoms with van der Waals surface area (Å²) in [7, 11) is 0. The molecule has 18 heavy (non-hydrogen) atoms. The summed E-state index contributed by atoms with van der Waals surface area (Å²) in [6.07, 6.45) is 4.10. The van der Waals surface area contributed by atoms with Crippen LogP contribution < -0.4 is 5.73 Å². The van der Waals surface area contributed by atoms with Gasteiger partial charge in [0, 0.05) is 12.1 Å². The molecule has 1 saturated carbocycles. The number of nitrogen functional groups attached to an aromatic ring is 1. The number of pyridine rings is 1. The highest BCUT2D eigenvalue weighted by molar-refractivity contribution is 5.90. The van der Waals surface area contributed by atoms with Crippen LogP contribution in [-0.4, -0.2) is 25.0 Å². The Bertz CT molecular complexity index is 707. The number of hydrogen-bond acceptors (Lipinski definition) is 4. The molecule has 0 aliphatic heterocycles. The standard InChI is InChI=1S/C12H12N6/c13-11-9-10(7-4-5-7)17-18(12(9)16-15-11)8-3-1-2-6-14-8/h1-3,6-7H,4-5H2,(H3,13,15,16). The van der Waals surface area contributed by atoms with Crippen LogP contribution in [0, 0.1) is 0 Å². The van der Waals surface area contributed by atoms with E-state index in [-0.39, 0.29) is 0 Å². The van der Waals surface area contributed by atoms with Gasteiger partial charge in [-0.25, -0.2) is 4.98 Å². The summed E-state index contributed by atoms with van der Waals surface area (Å²) in [5.41, 5.74) is 7.74. The predicted octanol–water partition coefficient (Wildman–Crippen LogP) is 1.60. The van der Waals surface area contributed by atoms with Gasteiger partial charge in [-0.15, -0.1) is 0 Å². The molecule has 0 aromatic carbocycles. The molecular weight excluding hydrogens is 228 g/mol. The van der Waals surface area contributed by atoms with E-state index in [0.717, 1.165) is 22.5 Å². The third-order valence-electron chi connectivity index (χ3n) is 3.27. The van der Waals surface area contributed by atoms with Crippen LogP contribution in [0.25, 0.3) is 16.9 Å². The third kappa shape index (κ3) is 1.25. The molecule has 0 radical (unpaired) electrons. The monoisotopic (exact) mass is 240 g/mol. The molecule has 0 bridgehead atoms. The maximum Gasteiger partial charge on any atom is 0.188 e. The van der Waals surface area contributed by atoms with Crippen LogP contribution in [-0.2, 0) is 0 Å². The molecule has 6 nitrogen and oxygen atoms in total. The second-order valence-electron chi connectivity index (χ2n) is 4.60. The van der Waals surface area contributed by atoms with Crippen LogP contribution in [0.3, 0.4) is 0 Å². The number of rotatable bonds is 2. The average Bonchev–Trinajstić information content (AvgIpc) is 3.07. The topological polar surface area (TPSA) is 85.4 Å². The van der Waals surface area contributed by atoms with E-state index in [0.29, 0.717) is 11.7 Å². The van der Waals surface area contributed by atoms with E-state index in [4.69, 9.17) is 5.73 Å². The fraction of sp³-hybridized carbons (Fsp3) is 0.250. The molecule has 3 aromatic heterocycles. The van der Waals surface area contributed by atoms with Crippen molar-refractivity contribution in [1.82, 2.24) is 25.0 Å². The first-order chi connectivity index (χ1) is 8.84. The van der Waals surface area contributed by atoms with Gasteiger partial charge in [0.2, 0.25) is 0 Å². The lowest BCUT2D eigenvalue weighted by Crippen LogP contribution is -2.00. The van der Waals surface area contributed by atoms with Gasteiger partial charge in [0.15, 0.2) is 11.5 Å². The second kappa shape index (κ2) is 3.32. The minimum Gasteiger partial charge on any atom is -0.383 e. The van der Waals surface area contributed by atoms with Gasteiger partial charge in [-0.1, -0.05) is 6.07 Å². The fourth-order valence-electron chi connectivity index (χ4n) is 2.24. The van der Waals surface area contributed by atoms with Crippen molar-refractivity contribution < 1.29 is 0 Å². The summed E-state index contributed by atoms with van der Waals surface area (Å²) in [5.74, 6) is 1.88. The molecule has 1 fully saturated rings. The average molecular weight is 240 g/mol. The van der Waals surface area contributed by atoms with E-state index in [2.05, 4.69) is 20.3 Å². The van der Waals surface area contributed by atoms with Crippen molar-refractivity contribution in [2.45, 2.75) is 18.8 Å². The van der Waals surface area contributed by atoms with Crippen LogP contribution in [0.4, 0.5) is 5.82 Å². The fourth-order valence-corrected chi connectivity index (χ4v) is 2.24. The first kappa shape index (κ1) is 9.64. The maximum atomic E-state index is 5.94. The van der Waals surface area contributed by atoms with Crippen molar-refractivity contribution in [3.63, 3.8) is 0 Å². The van der Waals surface area contributed by atoms with Gasteiger partial charge >= 0.3 is 0 Å². The van der Waals surface area contributed by atoms with Crippen molar-refractivity contribution in [3.8, 4) is 5.82 Å². The van der Waals surface area contributed by atoms with Gasteiger partial charge < -0.3 is 5.73 Å². The number of aromatic nitrogens is 5. The lowest BCUT2D eigenvalue weighted by Gasteiger charge is -1.98. The summed E-state index contributed by atoms with van der Waals surface area (Å²) >= 11 is 0. The quantitative estimate of drug-likeness (QED) is 0.712. The van der Waals surface area contributed by atoms with Crippen molar-refractivity contribution >= 4 is 16.9 Å². The summed E-state index contributed by atoms with van der Waals surface area (Å²) in [5, 5.41) is 12.6. The van der Waals surface area contributed by atoms with Gasteiger partial charge in [0.05, 0.1) is 11.1 Å². The highest BCUT2D eigenvalue weighted by atomic mass is 15.4. The maximum absolute atomic E-state index is 5.94. The van der Waals surface area contributed by atoms with Crippen molar-refractivity contribution in [2.24, 2.45) is 0 Å². The molecule has 0 spiro atoms. The van der Waals surface area contributed by atoms with E-state index in [9.17, 15) is 0 Å². The first-order valence-electron chi connectivity index (χ1n) is 5.98. The van der Waals surface area contributed by atoms with Crippen molar-refractivity contribution in [1.29, 1.82) is 0 Å². The van der Waals surface area contributed by atoms with E-state index in [1.54, 1.807) is 10.9 Å². The summed E-state index contributed by atoms with van der Waals surface area (Å²) in [6, 6.07) is 5.72. The van der Waals surface area contributed by atoms with Gasteiger partial charge in [-0.3, -0.25) is 5.10 Å². The van der Waals surface area contributed by atoms with E-state index in [1.807, 2.05) is 18.2 Å². The van der Waals surface area contributed by atoms with Crippen LogP contribution in [0.2, 0.25) is 0 Å². The molecule has 90 valence electrons. The number of aromatic amines is 1. The molecule has 3 heterocycles. The Kier molecular flexibility index (Phi) is 1.78. The van der Waals surface area contributed by atoms with E-state index in [1.165, 1.54) is 12.8 Å². The number of nitrogens with zero attached hydrogens (tertiary/aromatic N) is 4. The lowest BCUT2D eigenvalue weighted by atomic mass is 10.2. The zero-order valence-corrected chi connectivity index (χ0v) is 9.67. The van der Waals surface area contributed by atoms with E-state index >= 15 is 0 Å². The van der Waals surface area contributed by atoms with Gasteiger partial charge in [-0.2, -0.15) is 14.9 Å². The highest BCUT2D eigenvalue weighted by Crippen LogP contribution is 2.43. The Morgan fingerprint density at radius 3 is 2.94 bits per heavy atom. The minimum absolute atomic E-state index is 0.525. The molecule has 1 aliphatic carbocycles. The van der Waals surface area contributed by atoms with Gasteiger partial charge in [0.1, 0.15) is 5.82 Å². The molecule has 0 atom stereocenters. The van der Waals surface area contributed by atoms with Crippen LogP contribution in [0.5, 0.6) is 0 Å². The van der Waals surface area contributed by atoms with Gasteiger partial charge in [-0.05, 0) is 25.0 Å². The number of H-pyrrole nitrogens is 1. The number of nitrogens with one attached hydrogen (secondary N) is 1. The molecule has 1 aliphatic rings. The van der Waals surface area contributed by atoms with Crippen molar-refractivity contribution in [2.75, 3.05) is 5.73 Å². The zero-order valence-electron chi connectivity index (χ0n) is 9.67. The van der Waals surface area contributed by atoms with Crippen LogP contribution in [0.15, 0.2) is 24.4 Å². The molecule has 4 rings (SSSR count). The summed E-state index contributed by atoms with van der Waals surface area (Å²) < 4.78 is 1.76. The molecule has 6 heteroatoms. The van der Waals surface area contributed by atoms with Crippen molar-refractivity contribution in [3.05, 3.63) is 30.1 Å².